The van der Waals surface area contributed by atoms with Gasteiger partial charge in [0.15, 0.2) is 0 Å². The van der Waals surface area contributed by atoms with Gasteiger partial charge >= 0.3 is 0 Å². The molecule has 0 spiro atoms. The van der Waals surface area contributed by atoms with E-state index in [1.807, 2.05) is 24.3 Å². The summed E-state index contributed by atoms with van der Waals surface area (Å²) in [5, 5.41) is 8.14. The fraction of sp³-hybridized carbons (Fsp3) is 0.429. The quantitative estimate of drug-likeness (QED) is 0.940. The summed E-state index contributed by atoms with van der Waals surface area (Å²) in [5.41, 5.74) is 0.915. The molecule has 106 valence electrons. The average Bonchev–Trinajstić information content (AvgIpc) is 2.88. The fourth-order valence-corrected chi connectivity index (χ4v) is 2.51. The molecule has 1 aromatic heterocycles. The van der Waals surface area contributed by atoms with E-state index in [0.29, 0.717) is 29.3 Å². The number of benzene rings is 1. The van der Waals surface area contributed by atoms with Crippen LogP contribution in [-0.2, 0) is 6.54 Å². The second kappa shape index (κ2) is 5.91. The summed E-state index contributed by atoms with van der Waals surface area (Å²) >= 11 is 5.87. The standard InChI is InChI=1S/C14H17ClN4O/c1-10-8-19(7-6-16-10)9-13-17-14(18-20-13)11-2-4-12(15)5-3-11/h2-5,10,16H,6-9H2,1H3/t10-/m1/s1. The molecule has 1 saturated heterocycles. The Bertz CT molecular complexity index is 569. The SMILES string of the molecule is C[C@@H]1CN(Cc2nc(-c3ccc(Cl)cc3)no2)CCN1. The van der Waals surface area contributed by atoms with Gasteiger partial charge in [0.05, 0.1) is 6.54 Å². The topological polar surface area (TPSA) is 54.2 Å². The summed E-state index contributed by atoms with van der Waals surface area (Å²) in [4.78, 5) is 6.77. The van der Waals surface area contributed by atoms with Crippen LogP contribution in [0.4, 0.5) is 0 Å². The predicted octanol–water partition coefficient (Wildman–Crippen LogP) is 2.18. The van der Waals surface area contributed by atoms with Crippen LogP contribution in [0.2, 0.25) is 5.02 Å². The second-order valence-electron chi connectivity index (χ2n) is 5.11. The molecule has 1 aliphatic rings. The lowest BCUT2D eigenvalue weighted by atomic mass is 10.2. The molecule has 1 fully saturated rings. The molecule has 0 amide bonds. The molecular weight excluding hydrogens is 276 g/mol. The summed E-state index contributed by atoms with van der Waals surface area (Å²) in [6.07, 6.45) is 0. The van der Waals surface area contributed by atoms with Gasteiger partial charge < -0.3 is 9.84 Å². The summed E-state index contributed by atoms with van der Waals surface area (Å²) < 4.78 is 5.33. The van der Waals surface area contributed by atoms with E-state index in [4.69, 9.17) is 16.1 Å². The van der Waals surface area contributed by atoms with E-state index in [2.05, 4.69) is 27.3 Å². The zero-order chi connectivity index (χ0) is 13.9. The Morgan fingerprint density at radius 3 is 2.95 bits per heavy atom. The van der Waals surface area contributed by atoms with Crippen LogP contribution in [0.15, 0.2) is 28.8 Å². The van der Waals surface area contributed by atoms with E-state index in [1.54, 1.807) is 0 Å². The van der Waals surface area contributed by atoms with Crippen LogP contribution in [-0.4, -0.2) is 40.7 Å². The lowest BCUT2D eigenvalue weighted by molar-refractivity contribution is 0.177. The lowest BCUT2D eigenvalue weighted by Crippen LogP contribution is -2.48. The van der Waals surface area contributed by atoms with Crippen molar-refractivity contribution in [2.24, 2.45) is 0 Å². The Morgan fingerprint density at radius 1 is 1.40 bits per heavy atom. The monoisotopic (exact) mass is 292 g/mol. The maximum atomic E-state index is 5.87. The van der Waals surface area contributed by atoms with E-state index in [0.717, 1.165) is 25.2 Å². The van der Waals surface area contributed by atoms with E-state index < -0.39 is 0 Å². The highest BCUT2D eigenvalue weighted by molar-refractivity contribution is 6.30. The van der Waals surface area contributed by atoms with Crippen molar-refractivity contribution < 1.29 is 4.52 Å². The fourth-order valence-electron chi connectivity index (χ4n) is 2.38. The molecule has 2 aromatic rings. The van der Waals surface area contributed by atoms with Crippen molar-refractivity contribution >= 4 is 11.6 Å². The average molecular weight is 293 g/mol. The number of rotatable bonds is 3. The molecule has 3 rings (SSSR count). The van der Waals surface area contributed by atoms with Crippen LogP contribution in [0.3, 0.4) is 0 Å². The Hall–Kier alpha value is -1.43. The van der Waals surface area contributed by atoms with Gasteiger partial charge in [0.25, 0.3) is 0 Å². The molecule has 0 bridgehead atoms. The number of nitrogens with one attached hydrogen (secondary N) is 1. The predicted molar refractivity (Wildman–Crippen MR) is 77.5 cm³/mol. The summed E-state index contributed by atoms with van der Waals surface area (Å²) in [6.45, 7) is 5.88. The highest BCUT2D eigenvalue weighted by atomic mass is 35.5. The molecule has 20 heavy (non-hydrogen) atoms. The van der Waals surface area contributed by atoms with Crippen LogP contribution in [0, 0.1) is 0 Å². The second-order valence-corrected chi connectivity index (χ2v) is 5.55. The molecule has 1 atom stereocenters. The van der Waals surface area contributed by atoms with Gasteiger partial charge in [-0.05, 0) is 31.2 Å². The first-order chi connectivity index (χ1) is 9.70. The minimum Gasteiger partial charge on any atom is -0.338 e. The van der Waals surface area contributed by atoms with Crippen molar-refractivity contribution in [1.82, 2.24) is 20.4 Å². The molecule has 0 saturated carbocycles. The maximum absolute atomic E-state index is 5.87. The number of nitrogens with zero attached hydrogens (tertiary/aromatic N) is 3. The molecular formula is C14H17ClN4O. The zero-order valence-electron chi connectivity index (χ0n) is 11.3. The van der Waals surface area contributed by atoms with Gasteiger partial charge in [-0.3, -0.25) is 4.90 Å². The van der Waals surface area contributed by atoms with Gasteiger partial charge in [0.2, 0.25) is 11.7 Å². The molecule has 6 heteroatoms. The molecule has 0 unspecified atom stereocenters. The molecule has 1 aromatic carbocycles. The van der Waals surface area contributed by atoms with Crippen molar-refractivity contribution in [1.29, 1.82) is 0 Å². The third kappa shape index (κ3) is 3.17. The van der Waals surface area contributed by atoms with E-state index >= 15 is 0 Å². The molecule has 1 aliphatic heterocycles. The van der Waals surface area contributed by atoms with Crippen molar-refractivity contribution in [3.05, 3.63) is 35.2 Å². The third-order valence-electron chi connectivity index (χ3n) is 3.38. The van der Waals surface area contributed by atoms with Crippen LogP contribution in [0.5, 0.6) is 0 Å². The zero-order valence-corrected chi connectivity index (χ0v) is 12.1. The number of hydrogen-bond acceptors (Lipinski definition) is 5. The van der Waals surface area contributed by atoms with Crippen LogP contribution < -0.4 is 5.32 Å². The van der Waals surface area contributed by atoms with Gasteiger partial charge in [-0.25, -0.2) is 0 Å². The molecule has 0 radical (unpaired) electrons. The minimum absolute atomic E-state index is 0.502. The first-order valence-corrected chi connectivity index (χ1v) is 7.13. The Morgan fingerprint density at radius 2 is 2.20 bits per heavy atom. The Kier molecular flexibility index (Phi) is 4.00. The molecule has 5 nitrogen and oxygen atoms in total. The van der Waals surface area contributed by atoms with Crippen molar-refractivity contribution in [2.45, 2.75) is 19.5 Å². The largest absolute Gasteiger partial charge is 0.338 e. The van der Waals surface area contributed by atoms with Gasteiger partial charge in [-0.2, -0.15) is 4.98 Å². The third-order valence-corrected chi connectivity index (χ3v) is 3.63. The number of halogens is 1. The summed E-state index contributed by atoms with van der Waals surface area (Å²) in [5.74, 6) is 1.27. The van der Waals surface area contributed by atoms with Gasteiger partial charge in [-0.15, -0.1) is 0 Å². The van der Waals surface area contributed by atoms with Crippen molar-refractivity contribution in [2.75, 3.05) is 19.6 Å². The summed E-state index contributed by atoms with van der Waals surface area (Å²) in [7, 11) is 0. The van der Waals surface area contributed by atoms with E-state index in [-0.39, 0.29) is 0 Å². The lowest BCUT2D eigenvalue weighted by Gasteiger charge is -2.30. The Balaban J connectivity index is 1.69. The van der Waals surface area contributed by atoms with Gasteiger partial charge in [0.1, 0.15) is 0 Å². The Labute approximate surface area is 122 Å². The van der Waals surface area contributed by atoms with Gasteiger partial charge in [-0.1, -0.05) is 16.8 Å². The van der Waals surface area contributed by atoms with Gasteiger partial charge in [0, 0.05) is 36.3 Å². The number of hydrogen-bond donors (Lipinski definition) is 1. The van der Waals surface area contributed by atoms with E-state index in [9.17, 15) is 0 Å². The highest BCUT2D eigenvalue weighted by Gasteiger charge is 2.18. The van der Waals surface area contributed by atoms with Crippen LogP contribution >= 0.6 is 11.6 Å². The summed E-state index contributed by atoms with van der Waals surface area (Å²) in [6, 6.07) is 7.94. The van der Waals surface area contributed by atoms with Crippen LogP contribution in [0.1, 0.15) is 12.8 Å². The molecule has 2 heterocycles. The highest BCUT2D eigenvalue weighted by Crippen LogP contribution is 2.19. The number of aromatic nitrogens is 2. The van der Waals surface area contributed by atoms with Crippen molar-refractivity contribution in [3.8, 4) is 11.4 Å². The molecule has 0 aliphatic carbocycles. The first-order valence-electron chi connectivity index (χ1n) is 6.75. The molecule has 1 N–H and O–H groups in total. The van der Waals surface area contributed by atoms with Crippen LogP contribution in [0.25, 0.3) is 11.4 Å². The van der Waals surface area contributed by atoms with Crippen molar-refractivity contribution in [3.63, 3.8) is 0 Å². The smallest absolute Gasteiger partial charge is 0.241 e. The normalized spacial score (nSPS) is 20.2. The van der Waals surface area contributed by atoms with E-state index in [1.165, 1.54) is 0 Å². The first kappa shape index (κ1) is 13.5. The maximum Gasteiger partial charge on any atom is 0.241 e. The minimum atomic E-state index is 0.502. The number of piperazine rings is 1.